The molecule has 2 heterocycles. The highest BCUT2D eigenvalue weighted by Gasteiger charge is 2.53. The van der Waals surface area contributed by atoms with E-state index in [-0.39, 0.29) is 37.3 Å². The van der Waals surface area contributed by atoms with Crippen molar-refractivity contribution in [1.82, 2.24) is 5.48 Å². The van der Waals surface area contributed by atoms with Crippen molar-refractivity contribution in [3.05, 3.63) is 41.0 Å². The predicted molar refractivity (Wildman–Crippen MR) is 111 cm³/mol. The normalized spacial score (nSPS) is 25.1. The Hall–Kier alpha value is -3.17. The quantitative estimate of drug-likeness (QED) is 0.534. The van der Waals surface area contributed by atoms with Crippen LogP contribution in [-0.4, -0.2) is 47.7 Å². The lowest BCUT2D eigenvalue weighted by Gasteiger charge is -2.38. The maximum Gasteiger partial charge on any atom is 0.310 e. The minimum Gasteiger partial charge on any atom is -0.493 e. The summed E-state index contributed by atoms with van der Waals surface area (Å²) in [7, 11) is 6.39. The van der Waals surface area contributed by atoms with Gasteiger partial charge in [-0.15, -0.1) is 0 Å². The molecule has 3 aliphatic rings. The second-order valence-electron chi connectivity index (χ2n) is 7.83. The molecule has 32 heavy (non-hydrogen) atoms. The third-order valence-electron chi connectivity index (χ3n) is 6.41. The molecule has 0 radical (unpaired) electrons. The lowest BCUT2D eigenvalue weighted by molar-refractivity contribution is -0.142. The summed E-state index contributed by atoms with van der Waals surface area (Å²) in [5, 5.41) is 0. The van der Waals surface area contributed by atoms with E-state index in [2.05, 4.69) is 5.48 Å². The van der Waals surface area contributed by atoms with Crippen molar-refractivity contribution in [2.45, 2.75) is 12.0 Å². The van der Waals surface area contributed by atoms with E-state index < -0.39 is 5.92 Å². The molecule has 0 aromatic heterocycles. The average molecular weight is 443 g/mol. The Balaban J connectivity index is 1.74. The van der Waals surface area contributed by atoms with Crippen molar-refractivity contribution in [2.75, 3.05) is 41.8 Å². The second kappa shape index (κ2) is 8.07. The number of hydrogen-bond acceptors (Lipinski definition) is 9. The number of benzene rings is 2. The van der Waals surface area contributed by atoms with Crippen LogP contribution >= 0.6 is 0 Å². The van der Waals surface area contributed by atoms with Gasteiger partial charge in [-0.3, -0.25) is 9.63 Å². The van der Waals surface area contributed by atoms with E-state index in [1.165, 1.54) is 0 Å². The fourth-order valence-corrected chi connectivity index (χ4v) is 5.07. The van der Waals surface area contributed by atoms with Crippen LogP contribution in [0, 0.1) is 11.8 Å². The molecule has 4 atom stereocenters. The van der Waals surface area contributed by atoms with E-state index in [9.17, 15) is 4.79 Å². The minimum atomic E-state index is -0.455. The van der Waals surface area contributed by atoms with Crippen molar-refractivity contribution >= 4 is 5.97 Å². The van der Waals surface area contributed by atoms with Crippen LogP contribution in [0.25, 0.3) is 0 Å². The smallest absolute Gasteiger partial charge is 0.310 e. The molecule has 1 N–H and O–H groups in total. The molecule has 9 heteroatoms. The molecule has 4 unspecified atom stereocenters. The lowest BCUT2D eigenvalue weighted by atomic mass is 9.66. The van der Waals surface area contributed by atoms with Crippen LogP contribution in [0.5, 0.6) is 28.7 Å². The van der Waals surface area contributed by atoms with Crippen molar-refractivity contribution in [1.29, 1.82) is 0 Å². The largest absolute Gasteiger partial charge is 0.493 e. The minimum absolute atomic E-state index is 0.152. The van der Waals surface area contributed by atoms with Gasteiger partial charge in [0.15, 0.2) is 23.0 Å². The molecule has 170 valence electrons. The Kier molecular flexibility index (Phi) is 5.22. The summed E-state index contributed by atoms with van der Waals surface area (Å²) in [4.78, 5) is 18.9. The van der Waals surface area contributed by atoms with Crippen LogP contribution in [0.1, 0.15) is 28.7 Å². The fourth-order valence-electron chi connectivity index (χ4n) is 5.07. The molecular formula is C23H25NO8. The molecule has 1 fully saturated rings. The van der Waals surface area contributed by atoms with E-state index in [4.69, 9.17) is 33.3 Å². The first-order valence-corrected chi connectivity index (χ1v) is 10.3. The number of carbonyl (C=O) groups is 1. The Morgan fingerprint density at radius 3 is 2.16 bits per heavy atom. The number of nitrogens with one attached hydrogen (secondary N) is 1. The van der Waals surface area contributed by atoms with E-state index >= 15 is 0 Å². The van der Waals surface area contributed by atoms with Crippen molar-refractivity contribution in [2.24, 2.45) is 11.8 Å². The monoisotopic (exact) mass is 443 g/mol. The lowest BCUT2D eigenvalue weighted by Crippen LogP contribution is -2.37. The predicted octanol–water partition coefficient (Wildman–Crippen LogP) is 2.57. The van der Waals surface area contributed by atoms with Crippen LogP contribution in [0.2, 0.25) is 0 Å². The molecule has 1 aliphatic carbocycles. The van der Waals surface area contributed by atoms with Gasteiger partial charge in [0.1, 0.15) is 6.10 Å². The summed E-state index contributed by atoms with van der Waals surface area (Å²) in [6, 6.07) is 7.62. The Bertz CT molecular complexity index is 1030. The number of hydroxylamine groups is 1. The number of esters is 1. The third kappa shape index (κ3) is 3.03. The zero-order valence-electron chi connectivity index (χ0n) is 18.3. The number of hydrogen-bond donors (Lipinski definition) is 1. The summed E-state index contributed by atoms with van der Waals surface area (Å²) in [5.41, 5.74) is 5.45. The zero-order valence-corrected chi connectivity index (χ0v) is 18.3. The number of ether oxygens (including phenoxy) is 6. The first-order valence-electron chi connectivity index (χ1n) is 10.3. The molecule has 0 bridgehead atoms. The Morgan fingerprint density at radius 2 is 1.56 bits per heavy atom. The van der Waals surface area contributed by atoms with Crippen LogP contribution in [0.15, 0.2) is 24.3 Å². The standard InChI is InChI=1S/C23H25NO8/c1-24-32-21-13-8-16-15(30-10-31-16)7-12(13)19(20-14(21)9-29-23(20)25)11-5-17(26-2)22(28-4)18(6-11)27-3/h5-8,14,19-21,24H,9-10H2,1-4H3. The summed E-state index contributed by atoms with van der Waals surface area (Å²) >= 11 is 0. The van der Waals surface area contributed by atoms with E-state index in [1.54, 1.807) is 28.4 Å². The van der Waals surface area contributed by atoms with Crippen LogP contribution in [-0.2, 0) is 14.4 Å². The summed E-state index contributed by atoms with van der Waals surface area (Å²) < 4.78 is 33.4. The zero-order chi connectivity index (χ0) is 22.4. The maximum atomic E-state index is 13.0. The Morgan fingerprint density at radius 1 is 0.906 bits per heavy atom. The summed E-state index contributed by atoms with van der Waals surface area (Å²) in [5.74, 6) is 1.57. The van der Waals surface area contributed by atoms with Gasteiger partial charge >= 0.3 is 5.97 Å². The molecule has 0 spiro atoms. The molecule has 9 nitrogen and oxygen atoms in total. The van der Waals surface area contributed by atoms with E-state index in [1.807, 2.05) is 24.3 Å². The first-order chi connectivity index (χ1) is 15.6. The third-order valence-corrected chi connectivity index (χ3v) is 6.41. The van der Waals surface area contributed by atoms with Crippen molar-refractivity contribution in [3.8, 4) is 28.7 Å². The van der Waals surface area contributed by atoms with Crippen LogP contribution < -0.4 is 29.2 Å². The highest BCUT2D eigenvalue weighted by Crippen LogP contribution is 2.56. The highest BCUT2D eigenvalue weighted by molar-refractivity contribution is 5.79. The number of fused-ring (bicyclic) bond motifs is 3. The van der Waals surface area contributed by atoms with Gasteiger partial charge in [0.05, 0.1) is 33.9 Å². The van der Waals surface area contributed by atoms with Gasteiger partial charge in [-0.25, -0.2) is 5.48 Å². The van der Waals surface area contributed by atoms with Gasteiger partial charge < -0.3 is 28.4 Å². The van der Waals surface area contributed by atoms with Gasteiger partial charge in [0.25, 0.3) is 0 Å². The number of rotatable bonds is 6. The molecular weight excluding hydrogens is 418 g/mol. The van der Waals surface area contributed by atoms with Crippen LogP contribution in [0.3, 0.4) is 0 Å². The van der Waals surface area contributed by atoms with Gasteiger partial charge in [-0.1, -0.05) is 0 Å². The van der Waals surface area contributed by atoms with Crippen molar-refractivity contribution in [3.63, 3.8) is 0 Å². The summed E-state index contributed by atoms with van der Waals surface area (Å²) in [6.45, 7) is 0.421. The fraction of sp³-hybridized carbons (Fsp3) is 0.435. The number of methoxy groups -OCH3 is 3. The first kappa shape index (κ1) is 20.7. The average Bonchev–Trinajstić information content (AvgIpc) is 3.43. The van der Waals surface area contributed by atoms with Gasteiger partial charge in [-0.05, 0) is 41.0 Å². The topological polar surface area (TPSA) is 93.7 Å². The molecule has 2 aliphatic heterocycles. The SMILES string of the molecule is CNOC1c2cc3c(cc2C(c2cc(OC)c(OC)c(OC)c2)C2C(=O)OCC12)OCO3. The van der Waals surface area contributed by atoms with E-state index in [0.717, 1.165) is 16.7 Å². The second-order valence-corrected chi connectivity index (χ2v) is 7.83. The van der Waals surface area contributed by atoms with Gasteiger partial charge in [0.2, 0.25) is 12.5 Å². The molecule has 2 aromatic rings. The molecule has 1 saturated heterocycles. The van der Waals surface area contributed by atoms with E-state index in [0.29, 0.717) is 28.7 Å². The molecule has 2 aromatic carbocycles. The van der Waals surface area contributed by atoms with Crippen molar-refractivity contribution < 1.29 is 38.1 Å². The molecule has 0 amide bonds. The van der Waals surface area contributed by atoms with Gasteiger partial charge in [0, 0.05) is 18.9 Å². The maximum absolute atomic E-state index is 13.0. The Labute approximate surface area is 185 Å². The summed E-state index contributed by atoms with van der Waals surface area (Å²) in [6.07, 6.45) is -0.390. The highest BCUT2D eigenvalue weighted by atomic mass is 16.7. The molecule has 0 saturated carbocycles. The number of carbonyl (C=O) groups excluding carboxylic acids is 1. The molecule has 5 rings (SSSR count). The van der Waals surface area contributed by atoms with Gasteiger partial charge in [-0.2, -0.15) is 0 Å². The van der Waals surface area contributed by atoms with Crippen LogP contribution in [0.4, 0.5) is 0 Å². The number of cyclic esters (lactones) is 1.